The topological polar surface area (TPSA) is 104 Å². The van der Waals surface area contributed by atoms with Gasteiger partial charge in [-0.1, -0.05) is 19.1 Å². The number of ether oxygens (including phenoxy) is 1. The maximum atomic E-state index is 14.8. The molecule has 0 bridgehead atoms. The number of aromatic amines is 1. The second kappa shape index (κ2) is 10.2. The number of halogens is 1. The summed E-state index contributed by atoms with van der Waals surface area (Å²) in [6.45, 7) is 5.87. The highest BCUT2D eigenvalue weighted by molar-refractivity contribution is 7.90. The van der Waals surface area contributed by atoms with E-state index >= 15 is 0 Å². The summed E-state index contributed by atoms with van der Waals surface area (Å²) >= 11 is 0. The van der Waals surface area contributed by atoms with Gasteiger partial charge < -0.3 is 19.9 Å². The molecule has 198 valence electrons. The predicted octanol–water partition coefficient (Wildman–Crippen LogP) is 4.23. The van der Waals surface area contributed by atoms with Crippen molar-refractivity contribution < 1.29 is 22.3 Å². The fourth-order valence-corrected chi connectivity index (χ4v) is 5.46. The van der Waals surface area contributed by atoms with Gasteiger partial charge in [0.05, 0.1) is 24.1 Å². The minimum Gasteiger partial charge on any atom is -0.491 e. The van der Waals surface area contributed by atoms with Crippen molar-refractivity contribution in [1.82, 2.24) is 20.2 Å². The number of benzene rings is 3. The molecule has 0 unspecified atom stereocenters. The Labute approximate surface area is 220 Å². The number of carbonyl (C=O) groups excluding carboxylic acids is 1. The van der Waals surface area contributed by atoms with Crippen LogP contribution >= 0.6 is 0 Å². The molecule has 10 heteroatoms. The molecule has 0 atom stereocenters. The van der Waals surface area contributed by atoms with Crippen LogP contribution in [0.4, 0.5) is 4.39 Å². The van der Waals surface area contributed by atoms with Gasteiger partial charge in [0.2, 0.25) is 0 Å². The van der Waals surface area contributed by atoms with Crippen molar-refractivity contribution in [3.8, 4) is 16.9 Å². The summed E-state index contributed by atoms with van der Waals surface area (Å²) in [6, 6.07) is 14.5. The molecule has 8 nitrogen and oxygen atoms in total. The highest BCUT2D eigenvalue weighted by Crippen LogP contribution is 2.31. The number of H-pyrrole nitrogens is 1. The number of nitrogens with one attached hydrogen (secondary N) is 2. The van der Waals surface area contributed by atoms with E-state index in [0.29, 0.717) is 18.8 Å². The minimum absolute atomic E-state index is 0.0124. The molecule has 3 aromatic carbocycles. The van der Waals surface area contributed by atoms with E-state index < -0.39 is 20.5 Å². The highest BCUT2D eigenvalue weighted by Gasteiger charge is 2.26. The number of aromatic nitrogens is 2. The van der Waals surface area contributed by atoms with E-state index in [1.165, 1.54) is 13.0 Å². The zero-order valence-electron chi connectivity index (χ0n) is 21.5. The van der Waals surface area contributed by atoms with Crippen LogP contribution in [0.5, 0.6) is 5.75 Å². The third-order valence-corrected chi connectivity index (χ3v) is 7.83. The molecule has 0 spiro atoms. The van der Waals surface area contributed by atoms with Gasteiger partial charge in [-0.15, -0.1) is 0 Å². The van der Waals surface area contributed by atoms with Gasteiger partial charge in [0.1, 0.15) is 28.9 Å². The molecular weight excluding hydrogens is 507 g/mol. The van der Waals surface area contributed by atoms with E-state index in [-0.39, 0.29) is 30.2 Å². The number of amides is 1. The van der Waals surface area contributed by atoms with Crippen molar-refractivity contribution in [1.29, 1.82) is 0 Å². The Bertz CT molecular complexity index is 1650. The first-order valence-electron chi connectivity index (χ1n) is 12.4. The van der Waals surface area contributed by atoms with Crippen LogP contribution in [-0.2, 0) is 22.9 Å². The summed E-state index contributed by atoms with van der Waals surface area (Å²) in [5, 5.41) is 3.27. The number of imidazole rings is 1. The van der Waals surface area contributed by atoms with Crippen molar-refractivity contribution in [3.63, 3.8) is 0 Å². The summed E-state index contributed by atoms with van der Waals surface area (Å²) in [6.07, 6.45) is 0.944. The van der Waals surface area contributed by atoms with Gasteiger partial charge in [0.25, 0.3) is 5.91 Å². The van der Waals surface area contributed by atoms with Crippen LogP contribution in [-0.4, -0.2) is 55.1 Å². The first kappa shape index (κ1) is 25.9. The fraction of sp³-hybridized carbons (Fsp3) is 0.286. The highest BCUT2D eigenvalue weighted by atomic mass is 32.2. The number of fused-ring (bicyclic) bond motifs is 2. The van der Waals surface area contributed by atoms with Gasteiger partial charge in [-0.05, 0) is 66.6 Å². The third kappa shape index (κ3) is 5.01. The van der Waals surface area contributed by atoms with Crippen LogP contribution in [0.2, 0.25) is 0 Å². The van der Waals surface area contributed by atoms with Gasteiger partial charge in [-0.3, -0.25) is 4.79 Å². The van der Waals surface area contributed by atoms with Crippen LogP contribution < -0.4 is 10.1 Å². The van der Waals surface area contributed by atoms with Crippen molar-refractivity contribution in [2.75, 3.05) is 26.0 Å². The quantitative estimate of drug-likeness (QED) is 0.382. The summed E-state index contributed by atoms with van der Waals surface area (Å²) in [5.41, 5.74) is 4.76. The van der Waals surface area contributed by atoms with Crippen LogP contribution in [0.1, 0.15) is 34.2 Å². The number of carbonyl (C=O) groups is 1. The molecular formula is C28H29FN4O4S. The summed E-state index contributed by atoms with van der Waals surface area (Å²) in [5.74, 6) is 0.292. The van der Waals surface area contributed by atoms with E-state index in [1.807, 2.05) is 37.3 Å². The van der Waals surface area contributed by atoms with Gasteiger partial charge in [0, 0.05) is 23.9 Å². The van der Waals surface area contributed by atoms with Crippen molar-refractivity contribution in [3.05, 3.63) is 76.9 Å². The first-order valence-corrected chi connectivity index (χ1v) is 14.3. The molecule has 0 aliphatic carbocycles. The van der Waals surface area contributed by atoms with Crippen LogP contribution in [0.15, 0.2) is 53.4 Å². The van der Waals surface area contributed by atoms with E-state index in [0.717, 1.165) is 52.4 Å². The maximum absolute atomic E-state index is 14.8. The van der Waals surface area contributed by atoms with Gasteiger partial charge in [0.15, 0.2) is 9.84 Å². The van der Waals surface area contributed by atoms with E-state index in [2.05, 4.69) is 21.4 Å². The van der Waals surface area contributed by atoms with E-state index in [4.69, 9.17) is 4.74 Å². The Balaban J connectivity index is 1.43. The second-order valence-electron chi connectivity index (χ2n) is 9.42. The number of hydrogen-bond acceptors (Lipinski definition) is 6. The third-order valence-electron chi connectivity index (χ3n) is 6.72. The first-order chi connectivity index (χ1) is 18.2. The Morgan fingerprint density at radius 2 is 1.92 bits per heavy atom. The molecule has 0 saturated carbocycles. The SMILES string of the molecule is CCNCc1nc2ccc(-c3ccc4c(c3)CN(C(=O)c3ccc(S(C)(=O)=O)c(F)c3C)CCO4)cc2[nH]1. The van der Waals surface area contributed by atoms with Crippen LogP contribution in [0, 0.1) is 12.7 Å². The molecule has 0 saturated heterocycles. The molecule has 5 rings (SSSR count). The minimum atomic E-state index is -3.75. The smallest absolute Gasteiger partial charge is 0.254 e. The van der Waals surface area contributed by atoms with Crippen LogP contribution in [0.25, 0.3) is 22.2 Å². The standard InChI is InChI=1S/C28H29FN4O4S/c1-4-30-15-26-31-22-8-5-19(14-23(22)32-26)18-6-9-24-20(13-18)16-33(11-12-37-24)28(34)21-7-10-25(38(3,35)36)27(29)17(21)2/h5-10,13-14,30H,4,11-12,15-16H2,1-3H3,(H,31,32). The molecule has 1 aliphatic rings. The molecule has 1 aliphatic heterocycles. The maximum Gasteiger partial charge on any atom is 0.254 e. The Morgan fingerprint density at radius 1 is 1.16 bits per heavy atom. The van der Waals surface area contributed by atoms with E-state index in [1.54, 1.807) is 4.90 Å². The summed E-state index contributed by atoms with van der Waals surface area (Å²) in [7, 11) is -3.75. The number of rotatable bonds is 6. The van der Waals surface area contributed by atoms with Gasteiger partial charge >= 0.3 is 0 Å². The van der Waals surface area contributed by atoms with Crippen molar-refractivity contribution in [2.24, 2.45) is 0 Å². The molecule has 0 fully saturated rings. The Hall–Kier alpha value is -3.76. The number of nitrogens with zero attached hydrogens (tertiary/aromatic N) is 2. The zero-order valence-corrected chi connectivity index (χ0v) is 22.3. The van der Waals surface area contributed by atoms with Crippen molar-refractivity contribution >= 4 is 26.8 Å². The largest absolute Gasteiger partial charge is 0.491 e. The molecule has 4 aromatic rings. The van der Waals surface area contributed by atoms with Crippen LogP contribution in [0.3, 0.4) is 0 Å². The number of sulfone groups is 1. The average Bonchev–Trinajstić information content (AvgIpc) is 3.17. The van der Waals surface area contributed by atoms with Gasteiger partial charge in [-0.25, -0.2) is 17.8 Å². The number of hydrogen-bond donors (Lipinski definition) is 2. The van der Waals surface area contributed by atoms with Gasteiger partial charge in [-0.2, -0.15) is 0 Å². The fourth-order valence-electron chi connectivity index (χ4n) is 4.66. The summed E-state index contributed by atoms with van der Waals surface area (Å²) < 4.78 is 44.5. The van der Waals surface area contributed by atoms with E-state index in [9.17, 15) is 17.6 Å². The summed E-state index contributed by atoms with van der Waals surface area (Å²) in [4.78, 5) is 22.6. The lowest BCUT2D eigenvalue weighted by Crippen LogP contribution is -2.33. The normalized spacial score (nSPS) is 13.7. The molecule has 2 N–H and O–H groups in total. The average molecular weight is 537 g/mol. The molecule has 38 heavy (non-hydrogen) atoms. The monoisotopic (exact) mass is 536 g/mol. The second-order valence-corrected chi connectivity index (χ2v) is 11.4. The lowest BCUT2D eigenvalue weighted by Gasteiger charge is -2.21. The molecule has 1 amide bonds. The Morgan fingerprint density at radius 3 is 2.68 bits per heavy atom. The predicted molar refractivity (Wildman–Crippen MR) is 143 cm³/mol. The molecule has 1 aromatic heterocycles. The molecule has 0 radical (unpaired) electrons. The zero-order chi connectivity index (χ0) is 27.0. The Kier molecular flexibility index (Phi) is 6.93. The van der Waals surface area contributed by atoms with Crippen molar-refractivity contribution in [2.45, 2.75) is 31.8 Å². The lowest BCUT2D eigenvalue weighted by atomic mass is 10.0. The molecule has 2 heterocycles. The lowest BCUT2D eigenvalue weighted by molar-refractivity contribution is 0.0731.